The molecule has 0 aliphatic rings. The molecule has 0 fully saturated rings. The van der Waals surface area contributed by atoms with Crippen molar-refractivity contribution >= 4 is 48.1 Å². The minimum atomic E-state index is -4.28. The van der Waals surface area contributed by atoms with Crippen LogP contribution in [0.4, 0.5) is 0 Å². The van der Waals surface area contributed by atoms with Crippen LogP contribution in [0, 0.1) is 0 Å². The number of ether oxygens (including phenoxy) is 1. The predicted molar refractivity (Wildman–Crippen MR) is 65.9 cm³/mol. The molecule has 0 aliphatic heterocycles. The second kappa shape index (κ2) is 4.47. The van der Waals surface area contributed by atoms with Crippen molar-refractivity contribution in [1.82, 2.24) is 0 Å². The van der Waals surface area contributed by atoms with Gasteiger partial charge in [-0.2, -0.15) is 0 Å². The molecule has 0 bridgehead atoms. The van der Waals surface area contributed by atoms with Crippen LogP contribution in [0.2, 0.25) is 0 Å². The van der Waals surface area contributed by atoms with E-state index in [1.165, 1.54) is 0 Å². The summed E-state index contributed by atoms with van der Waals surface area (Å²) in [7, 11) is 25.1. The fourth-order valence-corrected chi connectivity index (χ4v) is 6.89. The summed E-state index contributed by atoms with van der Waals surface area (Å²) in [6.07, 6.45) is 0. The van der Waals surface area contributed by atoms with Crippen LogP contribution in [0.25, 0.3) is 0 Å². The van der Waals surface area contributed by atoms with Crippen molar-refractivity contribution in [3.8, 4) is 5.75 Å². The molecule has 6 heteroatoms. The first-order valence-electron chi connectivity index (χ1n) is 3.78. The molecule has 0 saturated carbocycles. The Kier molecular flexibility index (Phi) is 4.17. The van der Waals surface area contributed by atoms with Gasteiger partial charge in [0, 0.05) is 0 Å². The molecule has 0 aromatic heterocycles. The summed E-state index contributed by atoms with van der Waals surface area (Å²) >= 11 is -4.28. The average molecular weight is 385 g/mol. The van der Waals surface area contributed by atoms with Crippen molar-refractivity contribution in [2.45, 2.75) is 4.37 Å². The third kappa shape index (κ3) is 5.18. The third-order valence-corrected chi connectivity index (χ3v) is 7.19. The Morgan fingerprint density at radius 1 is 1.07 bits per heavy atom. The van der Waals surface area contributed by atoms with Crippen LogP contribution < -0.4 is 4.74 Å². The Bertz CT molecular complexity index is 307. The molecule has 0 aliphatic carbocycles. The fourth-order valence-electron chi connectivity index (χ4n) is 1.01. The number of benzene rings is 1. The molecule has 1 rings (SSSR count). The molecule has 14 heavy (non-hydrogen) atoms. The quantitative estimate of drug-likeness (QED) is 0.712. The van der Waals surface area contributed by atoms with Gasteiger partial charge < -0.3 is 0 Å². The molecule has 0 amide bonds. The zero-order chi connectivity index (χ0) is 10.8. The number of rotatable bonds is 3. The summed E-state index contributed by atoms with van der Waals surface area (Å²) in [5, 5.41) is 0. The van der Waals surface area contributed by atoms with Gasteiger partial charge >= 0.3 is 99.9 Å². The first-order chi connectivity index (χ1) is 6.26. The van der Waals surface area contributed by atoms with Gasteiger partial charge in [0.1, 0.15) is 0 Å². The standard InChI is InChI=1S/C8H9O.4ClH.Sb/c1-7-3-5-8(9-2)6-4-7;;;;;/h3-6H,1H2,2H3;4*1H;/q;;;;;+4/p-4. The molecule has 1 aromatic rings. The Morgan fingerprint density at radius 3 is 1.93 bits per heavy atom. The zero-order valence-electron chi connectivity index (χ0n) is 7.38. The number of methoxy groups -OCH3 is 1. The average Bonchev–Trinajstić information content (AvgIpc) is 2.01. The molecule has 1 nitrogen and oxygen atoms in total. The van der Waals surface area contributed by atoms with E-state index in [1.807, 2.05) is 24.3 Å². The maximum absolute atomic E-state index is 5.86. The number of halogens is 4. The van der Waals surface area contributed by atoms with Crippen LogP contribution in [-0.2, 0) is 4.37 Å². The van der Waals surface area contributed by atoms with Crippen LogP contribution >= 0.6 is 35.3 Å². The summed E-state index contributed by atoms with van der Waals surface area (Å²) in [6, 6.07) is 7.33. The molecule has 0 spiro atoms. The van der Waals surface area contributed by atoms with Gasteiger partial charge in [0.05, 0.1) is 0 Å². The number of hydrogen-bond acceptors (Lipinski definition) is 1. The molecule has 0 saturated heterocycles. The van der Waals surface area contributed by atoms with Gasteiger partial charge in [0.25, 0.3) is 0 Å². The summed E-state index contributed by atoms with van der Waals surface area (Å²) in [4.78, 5) is 0. The van der Waals surface area contributed by atoms with Crippen molar-refractivity contribution in [2.24, 2.45) is 0 Å². The van der Waals surface area contributed by atoms with Crippen LogP contribution in [0.15, 0.2) is 24.3 Å². The third-order valence-electron chi connectivity index (χ3n) is 1.58. The molecule has 0 heterocycles. The summed E-state index contributed by atoms with van der Waals surface area (Å²) in [5.41, 5.74) is 0.919. The first-order valence-corrected chi connectivity index (χ1v) is 18.5. The fraction of sp³-hybridized carbons (Fsp3) is 0.250. The Balaban J connectivity index is 2.80. The van der Waals surface area contributed by atoms with Crippen LogP contribution in [0.5, 0.6) is 5.75 Å². The van der Waals surface area contributed by atoms with Crippen LogP contribution in [0.1, 0.15) is 5.56 Å². The summed E-state index contributed by atoms with van der Waals surface area (Å²) < 4.78 is 5.35. The number of hydrogen-bond donors (Lipinski definition) is 0. The van der Waals surface area contributed by atoms with Gasteiger partial charge in [-0.05, 0) is 0 Å². The van der Waals surface area contributed by atoms with Crippen LogP contribution in [-0.4, -0.2) is 19.9 Å². The first kappa shape index (κ1) is 13.1. The van der Waals surface area contributed by atoms with Gasteiger partial charge in [-0.25, -0.2) is 0 Å². The molecular weight excluding hydrogens is 376 g/mol. The van der Waals surface area contributed by atoms with E-state index < -0.39 is 12.8 Å². The van der Waals surface area contributed by atoms with Crippen molar-refractivity contribution in [1.29, 1.82) is 0 Å². The topological polar surface area (TPSA) is 9.23 Å². The Morgan fingerprint density at radius 2 is 1.57 bits per heavy atom. The molecule has 0 N–H and O–H groups in total. The molecular formula is C8H9Cl4OSb. The SMILES string of the molecule is COc1ccc([CH2][Sb]([Cl])([Cl])([Cl])[Cl])cc1. The van der Waals surface area contributed by atoms with E-state index in [9.17, 15) is 0 Å². The molecule has 80 valence electrons. The normalized spacial score (nSPS) is 14.5. The van der Waals surface area contributed by atoms with E-state index in [4.69, 9.17) is 40.1 Å². The van der Waals surface area contributed by atoms with Crippen molar-refractivity contribution in [3.05, 3.63) is 29.8 Å². The summed E-state index contributed by atoms with van der Waals surface area (Å²) in [6.45, 7) is 0. The van der Waals surface area contributed by atoms with Crippen molar-refractivity contribution < 1.29 is 4.74 Å². The second-order valence-corrected chi connectivity index (χ2v) is 35.7. The predicted octanol–water partition coefficient (Wildman–Crippen LogP) is 4.12. The Labute approximate surface area is 99.0 Å². The molecule has 0 radical (unpaired) electrons. The summed E-state index contributed by atoms with van der Waals surface area (Å²) in [5.74, 6) is 0.774. The molecule has 0 atom stereocenters. The van der Waals surface area contributed by atoms with Gasteiger partial charge in [0.15, 0.2) is 0 Å². The van der Waals surface area contributed by atoms with E-state index >= 15 is 0 Å². The second-order valence-electron chi connectivity index (χ2n) is 2.87. The van der Waals surface area contributed by atoms with Gasteiger partial charge in [-0.15, -0.1) is 0 Å². The van der Waals surface area contributed by atoms with Gasteiger partial charge in [-0.1, -0.05) is 0 Å². The molecule has 1 aromatic carbocycles. The van der Waals surface area contributed by atoms with E-state index in [2.05, 4.69) is 0 Å². The zero-order valence-corrected chi connectivity index (χ0v) is 13.0. The monoisotopic (exact) mass is 382 g/mol. The van der Waals surface area contributed by atoms with Crippen molar-refractivity contribution in [3.63, 3.8) is 0 Å². The van der Waals surface area contributed by atoms with E-state index in [-0.39, 0.29) is 0 Å². The van der Waals surface area contributed by atoms with Crippen molar-refractivity contribution in [2.75, 3.05) is 7.11 Å². The van der Waals surface area contributed by atoms with Gasteiger partial charge in [0.2, 0.25) is 0 Å². The van der Waals surface area contributed by atoms with Gasteiger partial charge in [-0.3, -0.25) is 0 Å². The van der Waals surface area contributed by atoms with E-state index in [0.29, 0.717) is 4.37 Å². The Hall–Kier alpha value is 0.998. The maximum atomic E-state index is 5.86. The minimum absolute atomic E-state index is 0.337. The molecule has 0 unspecified atom stereocenters. The van der Waals surface area contributed by atoms with Crippen LogP contribution in [0.3, 0.4) is 0 Å². The van der Waals surface area contributed by atoms with E-state index in [1.54, 1.807) is 7.11 Å². The van der Waals surface area contributed by atoms with E-state index in [0.717, 1.165) is 11.3 Å².